The molecular formula is C25H23N5O3S. The molecule has 0 spiro atoms. The molecule has 1 aromatic heterocycles. The van der Waals surface area contributed by atoms with Crippen LogP contribution in [-0.4, -0.2) is 39.4 Å². The zero-order valence-corrected chi connectivity index (χ0v) is 19.5. The highest BCUT2D eigenvalue weighted by Gasteiger charge is 2.16. The molecule has 0 saturated heterocycles. The molecule has 172 valence electrons. The molecule has 0 atom stereocenters. The largest absolute Gasteiger partial charge is 0.497 e. The Morgan fingerprint density at radius 3 is 2.35 bits per heavy atom. The van der Waals surface area contributed by atoms with Crippen molar-refractivity contribution in [2.45, 2.75) is 5.16 Å². The van der Waals surface area contributed by atoms with E-state index in [2.05, 4.69) is 20.8 Å². The molecule has 4 aromatic rings. The van der Waals surface area contributed by atoms with Crippen molar-refractivity contribution in [2.75, 3.05) is 23.5 Å². The van der Waals surface area contributed by atoms with Gasteiger partial charge in [0.15, 0.2) is 11.0 Å². The maximum atomic E-state index is 12.7. The van der Waals surface area contributed by atoms with Crippen molar-refractivity contribution in [3.8, 4) is 17.1 Å². The van der Waals surface area contributed by atoms with Gasteiger partial charge in [-0.1, -0.05) is 42.1 Å². The second-order valence-corrected chi connectivity index (χ2v) is 8.24. The van der Waals surface area contributed by atoms with Crippen molar-refractivity contribution in [2.24, 2.45) is 7.05 Å². The lowest BCUT2D eigenvalue weighted by molar-refractivity contribution is -0.113. The number of ether oxygens (including phenoxy) is 1. The number of carbonyl (C=O) groups excluding carboxylic acids is 2. The van der Waals surface area contributed by atoms with Gasteiger partial charge in [0, 0.05) is 18.3 Å². The van der Waals surface area contributed by atoms with E-state index in [0.29, 0.717) is 27.9 Å². The Labute approximate surface area is 201 Å². The number of thioether (sulfide) groups is 1. The lowest BCUT2D eigenvalue weighted by Crippen LogP contribution is -2.19. The molecule has 0 aliphatic carbocycles. The highest BCUT2D eigenvalue weighted by atomic mass is 32.2. The van der Waals surface area contributed by atoms with E-state index >= 15 is 0 Å². The third-order valence-electron chi connectivity index (χ3n) is 4.99. The average Bonchev–Trinajstić information content (AvgIpc) is 3.23. The van der Waals surface area contributed by atoms with E-state index in [1.165, 1.54) is 11.8 Å². The molecule has 8 nitrogen and oxygen atoms in total. The topological polar surface area (TPSA) is 98.1 Å². The highest BCUT2D eigenvalue weighted by molar-refractivity contribution is 7.99. The first-order valence-corrected chi connectivity index (χ1v) is 11.5. The molecule has 2 N–H and O–H groups in total. The molecule has 0 unspecified atom stereocenters. The minimum Gasteiger partial charge on any atom is -0.497 e. The van der Waals surface area contributed by atoms with Crippen LogP contribution in [-0.2, 0) is 11.8 Å². The molecule has 0 bridgehead atoms. The predicted octanol–water partition coefficient (Wildman–Crippen LogP) is 4.47. The number of anilines is 2. The van der Waals surface area contributed by atoms with Crippen LogP contribution < -0.4 is 15.4 Å². The highest BCUT2D eigenvalue weighted by Crippen LogP contribution is 2.25. The van der Waals surface area contributed by atoms with Gasteiger partial charge < -0.3 is 19.9 Å². The summed E-state index contributed by atoms with van der Waals surface area (Å²) in [4.78, 5) is 25.4. The molecule has 0 radical (unpaired) electrons. The monoisotopic (exact) mass is 473 g/mol. The third-order valence-corrected chi connectivity index (χ3v) is 6.01. The fourth-order valence-corrected chi connectivity index (χ4v) is 3.97. The third kappa shape index (κ3) is 5.44. The molecule has 4 rings (SSSR count). The summed E-state index contributed by atoms with van der Waals surface area (Å²) in [5.74, 6) is 1.01. The maximum Gasteiger partial charge on any atom is 0.257 e. The number of carbonyl (C=O) groups is 2. The van der Waals surface area contributed by atoms with Gasteiger partial charge in [0.2, 0.25) is 5.91 Å². The number of aromatic nitrogens is 3. The van der Waals surface area contributed by atoms with Gasteiger partial charge in [-0.05, 0) is 48.5 Å². The van der Waals surface area contributed by atoms with E-state index < -0.39 is 0 Å². The molecule has 34 heavy (non-hydrogen) atoms. The Bertz CT molecular complexity index is 1290. The summed E-state index contributed by atoms with van der Waals surface area (Å²) in [5.41, 5.74) is 2.40. The van der Waals surface area contributed by atoms with Crippen molar-refractivity contribution >= 4 is 35.0 Å². The molecule has 0 fully saturated rings. The van der Waals surface area contributed by atoms with Crippen LogP contribution >= 0.6 is 11.8 Å². The Balaban J connectivity index is 1.39. The summed E-state index contributed by atoms with van der Waals surface area (Å²) < 4.78 is 7.02. The van der Waals surface area contributed by atoms with Crippen LogP contribution in [0.2, 0.25) is 0 Å². The van der Waals surface area contributed by atoms with Gasteiger partial charge in [-0.2, -0.15) is 0 Å². The number of amides is 2. The van der Waals surface area contributed by atoms with Crippen LogP contribution in [0.3, 0.4) is 0 Å². The Morgan fingerprint density at radius 1 is 0.912 bits per heavy atom. The second kappa shape index (κ2) is 10.7. The van der Waals surface area contributed by atoms with Crippen LogP contribution in [0.15, 0.2) is 84.0 Å². The fourth-order valence-electron chi connectivity index (χ4n) is 3.26. The number of methoxy groups -OCH3 is 1. The molecule has 3 aromatic carbocycles. The van der Waals surface area contributed by atoms with Crippen LogP contribution in [0.5, 0.6) is 5.75 Å². The van der Waals surface area contributed by atoms with Crippen molar-refractivity contribution in [3.05, 3.63) is 84.4 Å². The number of hydrogen-bond donors (Lipinski definition) is 2. The molecule has 0 aliphatic rings. The Kier molecular flexibility index (Phi) is 7.24. The molecule has 0 aliphatic heterocycles. The maximum absolute atomic E-state index is 12.7. The number of hydrogen-bond acceptors (Lipinski definition) is 6. The lowest BCUT2D eigenvalue weighted by atomic mass is 10.1. The van der Waals surface area contributed by atoms with E-state index in [1.807, 2.05) is 54.1 Å². The van der Waals surface area contributed by atoms with Gasteiger partial charge in [-0.25, -0.2) is 0 Å². The number of nitrogens with zero attached hydrogens (tertiary/aromatic N) is 3. The Morgan fingerprint density at radius 2 is 1.62 bits per heavy atom. The summed E-state index contributed by atoms with van der Waals surface area (Å²) in [5, 5.41) is 14.7. The molecular weight excluding hydrogens is 450 g/mol. The normalized spacial score (nSPS) is 10.5. The molecule has 2 amide bonds. The SMILES string of the molecule is COc1ccc(-c2nnc(SCC(=O)Nc3ccccc3C(=O)Nc3ccccc3)n2C)cc1. The van der Waals surface area contributed by atoms with Crippen LogP contribution in [0, 0.1) is 0 Å². The second-order valence-electron chi connectivity index (χ2n) is 7.30. The minimum absolute atomic E-state index is 0.114. The first-order valence-electron chi connectivity index (χ1n) is 10.5. The standard InChI is InChI=1S/C25H23N5O3S/c1-30-23(17-12-14-19(33-2)15-13-17)28-29-25(30)34-16-22(31)27-21-11-7-6-10-20(21)24(32)26-18-8-4-3-5-9-18/h3-15H,16H2,1-2H3,(H,26,32)(H,27,31). The predicted molar refractivity (Wildman–Crippen MR) is 133 cm³/mol. The smallest absolute Gasteiger partial charge is 0.257 e. The Hall–Kier alpha value is -4.11. The van der Waals surface area contributed by atoms with Crippen LogP contribution in [0.1, 0.15) is 10.4 Å². The summed E-state index contributed by atoms with van der Waals surface area (Å²) in [6.45, 7) is 0. The number of benzene rings is 3. The van der Waals surface area contributed by atoms with E-state index in [4.69, 9.17) is 4.74 Å². The van der Waals surface area contributed by atoms with Crippen molar-refractivity contribution in [1.82, 2.24) is 14.8 Å². The van der Waals surface area contributed by atoms with Gasteiger partial charge in [-0.15, -0.1) is 10.2 Å². The number of rotatable bonds is 8. The minimum atomic E-state index is -0.299. The van der Waals surface area contributed by atoms with Gasteiger partial charge in [0.1, 0.15) is 5.75 Å². The average molecular weight is 474 g/mol. The van der Waals surface area contributed by atoms with Crippen molar-refractivity contribution < 1.29 is 14.3 Å². The summed E-state index contributed by atoms with van der Waals surface area (Å²) in [6.07, 6.45) is 0. The van der Waals surface area contributed by atoms with Gasteiger partial charge >= 0.3 is 0 Å². The summed E-state index contributed by atoms with van der Waals surface area (Å²) in [7, 11) is 3.47. The molecule has 9 heteroatoms. The van der Waals surface area contributed by atoms with Gasteiger partial charge in [-0.3, -0.25) is 9.59 Å². The molecule has 0 saturated carbocycles. The number of para-hydroxylation sites is 2. The molecule has 1 heterocycles. The van der Waals surface area contributed by atoms with E-state index in [9.17, 15) is 9.59 Å². The summed E-state index contributed by atoms with van der Waals surface area (Å²) in [6, 6.07) is 23.6. The first-order chi connectivity index (χ1) is 16.5. The van der Waals surface area contributed by atoms with Gasteiger partial charge in [0.05, 0.1) is 24.1 Å². The zero-order valence-electron chi connectivity index (χ0n) is 18.7. The van der Waals surface area contributed by atoms with E-state index in [-0.39, 0.29) is 17.6 Å². The van der Waals surface area contributed by atoms with Gasteiger partial charge in [0.25, 0.3) is 5.91 Å². The lowest BCUT2D eigenvalue weighted by Gasteiger charge is -2.11. The van der Waals surface area contributed by atoms with Crippen molar-refractivity contribution in [3.63, 3.8) is 0 Å². The van der Waals surface area contributed by atoms with Crippen LogP contribution in [0.4, 0.5) is 11.4 Å². The quantitative estimate of drug-likeness (QED) is 0.366. The van der Waals surface area contributed by atoms with Crippen LogP contribution in [0.25, 0.3) is 11.4 Å². The summed E-state index contributed by atoms with van der Waals surface area (Å²) >= 11 is 1.27. The van der Waals surface area contributed by atoms with E-state index in [0.717, 1.165) is 11.3 Å². The first kappa shape index (κ1) is 23.1. The fraction of sp³-hybridized carbons (Fsp3) is 0.120. The zero-order chi connectivity index (χ0) is 23.9. The van der Waals surface area contributed by atoms with E-state index in [1.54, 1.807) is 43.5 Å². The number of nitrogens with one attached hydrogen (secondary N) is 2. The van der Waals surface area contributed by atoms with Crippen molar-refractivity contribution in [1.29, 1.82) is 0 Å².